The van der Waals surface area contributed by atoms with Crippen molar-refractivity contribution in [1.82, 2.24) is 14.7 Å². The van der Waals surface area contributed by atoms with Gasteiger partial charge in [0.15, 0.2) is 5.78 Å². The van der Waals surface area contributed by atoms with Crippen LogP contribution in [0, 0.1) is 12.8 Å². The van der Waals surface area contributed by atoms with Crippen LogP contribution in [-0.4, -0.2) is 33.6 Å². The molecule has 1 atom stereocenters. The molecule has 1 unspecified atom stereocenters. The maximum atomic E-state index is 12.9. The Kier molecular flexibility index (Phi) is 5.18. The van der Waals surface area contributed by atoms with Crippen molar-refractivity contribution >= 4 is 5.78 Å². The maximum absolute atomic E-state index is 12.9. The van der Waals surface area contributed by atoms with Gasteiger partial charge in [-0.2, -0.15) is 18.3 Å². The first kappa shape index (κ1) is 18.6. The highest BCUT2D eigenvalue weighted by atomic mass is 19.4. The van der Waals surface area contributed by atoms with Gasteiger partial charge in [-0.3, -0.25) is 14.4 Å². The van der Waals surface area contributed by atoms with Gasteiger partial charge in [0.25, 0.3) is 0 Å². The number of likely N-dealkylation sites (tertiary alicyclic amines) is 1. The Morgan fingerprint density at radius 1 is 1.35 bits per heavy atom. The summed E-state index contributed by atoms with van der Waals surface area (Å²) in [4.78, 5) is 14.9. The van der Waals surface area contributed by atoms with Crippen molar-refractivity contribution in [1.29, 1.82) is 0 Å². The van der Waals surface area contributed by atoms with Gasteiger partial charge in [0, 0.05) is 42.9 Å². The SMILES string of the molecule is Cc1c(CN2CCCC(C(=O)c3cccc(C(F)(F)F)c3)C2)cnn1C. The standard InChI is InChI=1S/C19H22F3N3O/c1-13-16(10-23-24(13)2)12-25-8-4-6-15(11-25)18(26)14-5-3-7-17(9-14)19(20,21)22/h3,5,7,9-10,15H,4,6,8,11-12H2,1-2H3. The predicted octanol–water partition coefficient (Wildman–Crippen LogP) is 3.84. The average Bonchev–Trinajstić information content (AvgIpc) is 2.93. The molecule has 4 nitrogen and oxygen atoms in total. The average molecular weight is 365 g/mol. The van der Waals surface area contributed by atoms with Crippen molar-refractivity contribution in [3.63, 3.8) is 0 Å². The number of halogens is 3. The molecule has 7 heteroatoms. The third-order valence-corrected chi connectivity index (χ3v) is 5.08. The molecule has 2 heterocycles. The number of aryl methyl sites for hydroxylation is 1. The second-order valence-corrected chi connectivity index (χ2v) is 6.90. The van der Waals surface area contributed by atoms with E-state index in [9.17, 15) is 18.0 Å². The monoisotopic (exact) mass is 365 g/mol. The molecule has 1 aromatic carbocycles. The van der Waals surface area contributed by atoms with Gasteiger partial charge in [0.1, 0.15) is 0 Å². The Hall–Kier alpha value is -2.15. The summed E-state index contributed by atoms with van der Waals surface area (Å²) in [5.74, 6) is -0.479. The number of piperidine rings is 1. The van der Waals surface area contributed by atoms with E-state index in [2.05, 4.69) is 10.00 Å². The van der Waals surface area contributed by atoms with E-state index in [0.717, 1.165) is 36.4 Å². The third kappa shape index (κ3) is 3.98. The van der Waals surface area contributed by atoms with Gasteiger partial charge in [-0.15, -0.1) is 0 Å². The van der Waals surface area contributed by atoms with Crippen molar-refractivity contribution in [2.24, 2.45) is 13.0 Å². The largest absolute Gasteiger partial charge is 0.416 e. The van der Waals surface area contributed by atoms with Crippen LogP contribution in [-0.2, 0) is 19.8 Å². The molecule has 2 aromatic rings. The molecule has 3 rings (SSSR count). The van der Waals surface area contributed by atoms with Gasteiger partial charge in [-0.1, -0.05) is 12.1 Å². The topological polar surface area (TPSA) is 38.1 Å². The number of aromatic nitrogens is 2. The van der Waals surface area contributed by atoms with Gasteiger partial charge in [0.05, 0.1) is 11.8 Å². The molecule has 1 fully saturated rings. The molecule has 0 saturated carbocycles. The van der Waals surface area contributed by atoms with Crippen molar-refractivity contribution in [2.75, 3.05) is 13.1 Å². The second kappa shape index (κ2) is 7.23. The minimum absolute atomic E-state index is 0.143. The van der Waals surface area contributed by atoms with Crippen LogP contribution in [0.3, 0.4) is 0 Å². The number of ketones is 1. The number of hydrogen-bond donors (Lipinski definition) is 0. The number of alkyl halides is 3. The number of carbonyl (C=O) groups excluding carboxylic acids is 1. The van der Waals surface area contributed by atoms with Gasteiger partial charge < -0.3 is 0 Å². The fraction of sp³-hybridized carbons (Fsp3) is 0.474. The Labute approximate surface area is 150 Å². The molecular formula is C19H22F3N3O. The molecule has 0 bridgehead atoms. The predicted molar refractivity (Wildman–Crippen MR) is 91.7 cm³/mol. The summed E-state index contributed by atoms with van der Waals surface area (Å²) in [6.07, 6.45) is -1.05. The molecule has 26 heavy (non-hydrogen) atoms. The number of hydrogen-bond acceptors (Lipinski definition) is 3. The molecule has 0 aliphatic carbocycles. The first-order valence-corrected chi connectivity index (χ1v) is 8.67. The summed E-state index contributed by atoms with van der Waals surface area (Å²) in [7, 11) is 1.88. The normalized spacial score (nSPS) is 18.9. The lowest BCUT2D eigenvalue weighted by atomic mass is 9.89. The van der Waals surface area contributed by atoms with Gasteiger partial charge in [-0.05, 0) is 38.4 Å². The van der Waals surface area contributed by atoms with Crippen molar-refractivity contribution in [3.05, 3.63) is 52.8 Å². The van der Waals surface area contributed by atoms with Gasteiger partial charge in [-0.25, -0.2) is 0 Å². The van der Waals surface area contributed by atoms with Crippen molar-refractivity contribution in [2.45, 2.75) is 32.5 Å². The Morgan fingerprint density at radius 3 is 2.77 bits per heavy atom. The lowest BCUT2D eigenvalue weighted by Crippen LogP contribution is -2.38. The summed E-state index contributed by atoms with van der Waals surface area (Å²) in [5, 5.41) is 4.23. The molecule has 0 amide bonds. The molecular weight excluding hydrogens is 343 g/mol. The molecule has 0 spiro atoms. The lowest BCUT2D eigenvalue weighted by molar-refractivity contribution is -0.137. The van der Waals surface area contributed by atoms with Crippen molar-refractivity contribution in [3.8, 4) is 0 Å². The van der Waals surface area contributed by atoms with E-state index in [-0.39, 0.29) is 17.3 Å². The smallest absolute Gasteiger partial charge is 0.298 e. The zero-order valence-corrected chi connectivity index (χ0v) is 14.9. The molecule has 1 saturated heterocycles. The highest BCUT2D eigenvalue weighted by Crippen LogP contribution is 2.31. The van der Waals surface area contributed by atoms with Gasteiger partial charge >= 0.3 is 6.18 Å². The number of carbonyl (C=O) groups is 1. The van der Waals surface area contributed by atoms with Gasteiger partial charge in [0.2, 0.25) is 0 Å². The second-order valence-electron chi connectivity index (χ2n) is 6.90. The fourth-order valence-electron chi connectivity index (χ4n) is 3.44. The van der Waals surface area contributed by atoms with Crippen LogP contribution in [0.15, 0.2) is 30.5 Å². The highest BCUT2D eigenvalue weighted by Gasteiger charge is 2.32. The molecule has 140 valence electrons. The van der Waals surface area contributed by atoms with Crippen LogP contribution in [0.4, 0.5) is 13.2 Å². The lowest BCUT2D eigenvalue weighted by Gasteiger charge is -2.32. The molecule has 1 aliphatic rings. The Balaban J connectivity index is 1.71. The zero-order chi connectivity index (χ0) is 18.9. The summed E-state index contributed by atoms with van der Waals surface area (Å²) in [6, 6.07) is 4.74. The molecule has 0 N–H and O–H groups in total. The maximum Gasteiger partial charge on any atom is 0.416 e. The summed E-state index contributed by atoms with van der Waals surface area (Å²) in [6.45, 7) is 4.13. The van der Waals surface area contributed by atoms with E-state index in [1.54, 1.807) is 0 Å². The van der Waals surface area contributed by atoms with E-state index in [1.165, 1.54) is 12.1 Å². The number of rotatable bonds is 4. The third-order valence-electron chi connectivity index (χ3n) is 5.08. The molecule has 1 aromatic heterocycles. The first-order valence-electron chi connectivity index (χ1n) is 8.67. The van der Waals surface area contributed by atoms with Crippen LogP contribution >= 0.6 is 0 Å². The number of Topliss-reactive ketones (excluding diaryl/α,β-unsaturated/α-hetero) is 1. The molecule has 1 aliphatic heterocycles. The number of benzene rings is 1. The minimum Gasteiger partial charge on any atom is -0.298 e. The summed E-state index contributed by atoms with van der Waals surface area (Å²) < 4.78 is 40.5. The van der Waals surface area contributed by atoms with E-state index in [1.807, 2.05) is 24.9 Å². The van der Waals surface area contributed by atoms with Crippen LogP contribution < -0.4 is 0 Å². The van der Waals surface area contributed by atoms with Crippen LogP contribution in [0.1, 0.15) is 40.0 Å². The Bertz CT molecular complexity index is 798. The van der Waals surface area contributed by atoms with Crippen LogP contribution in [0.2, 0.25) is 0 Å². The van der Waals surface area contributed by atoms with E-state index in [0.29, 0.717) is 19.5 Å². The highest BCUT2D eigenvalue weighted by molar-refractivity contribution is 5.98. The van der Waals surface area contributed by atoms with Crippen LogP contribution in [0.5, 0.6) is 0 Å². The zero-order valence-electron chi connectivity index (χ0n) is 14.9. The quantitative estimate of drug-likeness (QED) is 0.773. The summed E-state index contributed by atoms with van der Waals surface area (Å²) >= 11 is 0. The van der Waals surface area contributed by atoms with Crippen molar-refractivity contribution < 1.29 is 18.0 Å². The van der Waals surface area contributed by atoms with E-state index in [4.69, 9.17) is 0 Å². The minimum atomic E-state index is -4.44. The Morgan fingerprint density at radius 2 is 2.12 bits per heavy atom. The first-order chi connectivity index (χ1) is 12.3. The molecule has 0 radical (unpaired) electrons. The number of nitrogens with zero attached hydrogens (tertiary/aromatic N) is 3. The summed E-state index contributed by atoms with van der Waals surface area (Å²) in [5.41, 5.74) is 1.56. The van der Waals surface area contributed by atoms with E-state index >= 15 is 0 Å². The van der Waals surface area contributed by atoms with Crippen LogP contribution in [0.25, 0.3) is 0 Å². The fourth-order valence-corrected chi connectivity index (χ4v) is 3.44. The van der Waals surface area contributed by atoms with E-state index < -0.39 is 11.7 Å².